The Hall–Kier alpha value is -4.53. The summed E-state index contributed by atoms with van der Waals surface area (Å²) in [6.45, 7) is 8.96. The maximum atomic E-state index is 11.2. The van der Waals surface area contributed by atoms with Gasteiger partial charge in [-0.1, -0.05) is 106 Å². The maximum Gasteiger partial charge on any atom is 0.149 e. The second-order valence-corrected chi connectivity index (χ2v) is 13.0. The number of fused-ring (bicyclic) bond motifs is 6. The van der Waals surface area contributed by atoms with Crippen molar-refractivity contribution in [2.75, 3.05) is 0 Å². The van der Waals surface area contributed by atoms with E-state index in [-0.39, 0.29) is 38.7 Å². The molecule has 1 aliphatic rings. The Morgan fingerprint density at radius 2 is 1.36 bits per heavy atom. The molecule has 4 nitrogen and oxygen atoms in total. The van der Waals surface area contributed by atoms with Gasteiger partial charge in [0.25, 0.3) is 0 Å². The molecule has 0 radical (unpaired) electrons. The standard InChI is InChI=1S/C42H36N3O.Pt/c1-25(2)28-18-11-19-29(26(3)4)41(28)45-36-21-12-20-35(40(36)44-42(45)34-17-9-10-22-37(34)46)39-32-16-8-7-15-31(32)33-24-23-27-13-5-6-14-30(27)38(33)43-39;/h5-13,15-22,25-26,46H,23-24H2,1-4H3;/q-1;. The molecule has 2 heterocycles. The molecule has 47 heavy (non-hydrogen) atoms. The summed E-state index contributed by atoms with van der Waals surface area (Å²) in [7, 11) is 0. The van der Waals surface area contributed by atoms with Crippen LogP contribution in [-0.4, -0.2) is 19.6 Å². The number of rotatable bonds is 5. The first-order valence-corrected chi connectivity index (χ1v) is 16.3. The summed E-state index contributed by atoms with van der Waals surface area (Å²) in [5.74, 6) is 1.50. The van der Waals surface area contributed by atoms with Gasteiger partial charge in [-0.25, -0.2) is 4.98 Å². The predicted octanol–water partition coefficient (Wildman–Crippen LogP) is 10.4. The zero-order valence-corrected chi connectivity index (χ0v) is 29.3. The number of nitrogens with zero attached hydrogens (tertiary/aromatic N) is 3. The zero-order chi connectivity index (χ0) is 31.5. The fourth-order valence-corrected chi connectivity index (χ4v) is 7.28. The summed E-state index contributed by atoms with van der Waals surface area (Å²) in [6.07, 6.45) is 1.94. The first-order chi connectivity index (χ1) is 22.4. The quantitative estimate of drug-likeness (QED) is 0.177. The van der Waals surface area contributed by atoms with Crippen molar-refractivity contribution in [2.45, 2.75) is 52.4 Å². The number of pyridine rings is 1. The molecule has 0 amide bonds. The number of aromatic nitrogens is 3. The number of phenols is 1. The van der Waals surface area contributed by atoms with E-state index < -0.39 is 0 Å². The van der Waals surface area contributed by atoms with Crippen LogP contribution in [0, 0.1) is 6.07 Å². The van der Waals surface area contributed by atoms with Crippen molar-refractivity contribution >= 4 is 21.8 Å². The van der Waals surface area contributed by atoms with Crippen LogP contribution in [0.15, 0.2) is 103 Å². The van der Waals surface area contributed by atoms with Gasteiger partial charge >= 0.3 is 0 Å². The van der Waals surface area contributed by atoms with Crippen molar-refractivity contribution in [3.8, 4) is 45.3 Å². The molecule has 8 rings (SSSR count). The molecule has 7 aromatic rings. The molecule has 0 atom stereocenters. The number of phenolic OH excluding ortho intramolecular Hbond substituents is 1. The van der Waals surface area contributed by atoms with Crippen LogP contribution in [0.25, 0.3) is 61.4 Å². The minimum Gasteiger partial charge on any atom is -0.507 e. The van der Waals surface area contributed by atoms with Crippen molar-refractivity contribution in [3.05, 3.63) is 131 Å². The number of aryl methyl sites for hydroxylation is 2. The SMILES string of the molecule is CC(C)c1cccc(C(C)C)c1-n1c(-c2ccccc2O)nc2c(-c3nc4c(c5ccccc35)CCc3ccc[c-]c3-4)cccc21.[Pt]. The van der Waals surface area contributed by atoms with Gasteiger partial charge in [-0.15, -0.1) is 35.4 Å². The van der Waals surface area contributed by atoms with Crippen LogP contribution in [0.4, 0.5) is 0 Å². The van der Waals surface area contributed by atoms with E-state index in [1.165, 1.54) is 27.6 Å². The minimum atomic E-state index is 0. The molecule has 0 aliphatic heterocycles. The Kier molecular flexibility index (Phi) is 8.10. The molecule has 1 N–H and O–H groups in total. The Morgan fingerprint density at radius 3 is 2.11 bits per heavy atom. The topological polar surface area (TPSA) is 50.9 Å². The molecule has 236 valence electrons. The van der Waals surface area contributed by atoms with E-state index in [9.17, 15) is 5.11 Å². The molecular formula is C42H36N3OPt-. The minimum absolute atomic E-state index is 0. The number of aromatic hydroxyl groups is 1. The van der Waals surface area contributed by atoms with E-state index in [4.69, 9.17) is 9.97 Å². The van der Waals surface area contributed by atoms with Gasteiger partial charge in [-0.05, 0) is 58.7 Å². The van der Waals surface area contributed by atoms with Crippen LogP contribution in [0.5, 0.6) is 5.75 Å². The molecule has 0 unspecified atom stereocenters. The van der Waals surface area contributed by atoms with Crippen LogP contribution in [0.1, 0.15) is 61.8 Å². The molecule has 0 saturated heterocycles. The molecule has 0 spiro atoms. The Balaban J connectivity index is 0.00000351. The third-order valence-corrected chi connectivity index (χ3v) is 9.49. The third kappa shape index (κ3) is 5.02. The Bertz CT molecular complexity index is 2270. The number of benzene rings is 5. The second-order valence-electron chi connectivity index (χ2n) is 13.0. The van der Waals surface area contributed by atoms with Crippen LogP contribution in [-0.2, 0) is 33.9 Å². The van der Waals surface area contributed by atoms with Crippen molar-refractivity contribution < 1.29 is 26.2 Å². The summed E-state index contributed by atoms with van der Waals surface area (Å²) in [5, 5.41) is 13.6. The first-order valence-electron chi connectivity index (χ1n) is 16.3. The van der Waals surface area contributed by atoms with Crippen molar-refractivity contribution in [3.63, 3.8) is 0 Å². The largest absolute Gasteiger partial charge is 0.507 e. The average molecular weight is 794 g/mol. The smallest absolute Gasteiger partial charge is 0.149 e. The molecule has 0 saturated carbocycles. The monoisotopic (exact) mass is 793 g/mol. The van der Waals surface area contributed by atoms with Crippen LogP contribution in [0.2, 0.25) is 0 Å². The maximum absolute atomic E-state index is 11.2. The molecule has 1 aliphatic carbocycles. The van der Waals surface area contributed by atoms with Gasteiger partial charge in [-0.2, -0.15) is 0 Å². The molecule has 2 aromatic heterocycles. The number of imidazole rings is 1. The predicted molar refractivity (Wildman–Crippen MR) is 189 cm³/mol. The van der Waals surface area contributed by atoms with Gasteiger partial charge in [0, 0.05) is 32.0 Å². The summed E-state index contributed by atoms with van der Waals surface area (Å²) in [4.78, 5) is 10.9. The molecule has 0 fully saturated rings. The van der Waals surface area contributed by atoms with Gasteiger partial charge < -0.3 is 5.11 Å². The summed E-state index contributed by atoms with van der Waals surface area (Å²) in [5.41, 5.74) is 12.8. The second kappa shape index (κ2) is 12.2. The van der Waals surface area contributed by atoms with Crippen molar-refractivity contribution in [2.24, 2.45) is 0 Å². The fraction of sp³-hybridized carbons (Fsp3) is 0.190. The summed E-state index contributed by atoms with van der Waals surface area (Å²) < 4.78 is 2.28. The van der Waals surface area contributed by atoms with E-state index in [2.05, 4.69) is 111 Å². The summed E-state index contributed by atoms with van der Waals surface area (Å²) >= 11 is 0. The molecular weight excluding hydrogens is 758 g/mol. The van der Waals surface area contributed by atoms with Crippen LogP contribution in [0.3, 0.4) is 0 Å². The molecule has 0 bridgehead atoms. The van der Waals surface area contributed by atoms with Crippen molar-refractivity contribution in [1.29, 1.82) is 0 Å². The van der Waals surface area contributed by atoms with Gasteiger partial charge in [0.05, 0.1) is 28.0 Å². The van der Waals surface area contributed by atoms with Gasteiger partial charge in [-0.3, -0.25) is 9.55 Å². The zero-order valence-electron chi connectivity index (χ0n) is 27.0. The average Bonchev–Trinajstić information content (AvgIpc) is 3.46. The number of para-hydroxylation sites is 3. The Morgan fingerprint density at radius 1 is 0.681 bits per heavy atom. The van der Waals surface area contributed by atoms with E-state index in [0.29, 0.717) is 5.56 Å². The van der Waals surface area contributed by atoms with E-state index in [0.717, 1.165) is 63.3 Å². The van der Waals surface area contributed by atoms with E-state index in [1.54, 1.807) is 6.07 Å². The Labute approximate surface area is 290 Å². The van der Waals surface area contributed by atoms with Gasteiger partial charge in [0.1, 0.15) is 11.6 Å². The number of hydrogen-bond acceptors (Lipinski definition) is 3. The van der Waals surface area contributed by atoms with Gasteiger partial charge in [0.2, 0.25) is 0 Å². The molecule has 5 aromatic carbocycles. The van der Waals surface area contributed by atoms with Crippen LogP contribution >= 0.6 is 0 Å². The van der Waals surface area contributed by atoms with Crippen molar-refractivity contribution in [1.82, 2.24) is 14.5 Å². The number of hydrogen-bond donors (Lipinski definition) is 1. The van der Waals surface area contributed by atoms with E-state index in [1.807, 2.05) is 24.3 Å². The first kappa shape index (κ1) is 31.1. The van der Waals surface area contributed by atoms with Crippen LogP contribution < -0.4 is 0 Å². The van der Waals surface area contributed by atoms with E-state index >= 15 is 0 Å². The third-order valence-electron chi connectivity index (χ3n) is 9.49. The van der Waals surface area contributed by atoms with Gasteiger partial charge in [0.15, 0.2) is 0 Å². The summed E-state index contributed by atoms with van der Waals surface area (Å²) in [6, 6.07) is 39.0. The fourth-order valence-electron chi connectivity index (χ4n) is 7.28. The normalized spacial score (nSPS) is 12.4. The molecule has 5 heteroatoms.